The van der Waals surface area contributed by atoms with E-state index >= 15 is 0 Å². The molecule has 2 aromatic rings. The van der Waals surface area contributed by atoms with E-state index in [2.05, 4.69) is 0 Å². The zero-order chi connectivity index (χ0) is 17.1. The molecule has 6 nitrogen and oxygen atoms in total. The van der Waals surface area contributed by atoms with Gasteiger partial charge in [-0.25, -0.2) is 16.8 Å². The molecule has 2 aromatic carbocycles. The average molecular weight is 370 g/mol. The first-order chi connectivity index (χ1) is 10.8. The molecule has 0 aliphatic rings. The third-order valence-electron chi connectivity index (χ3n) is 2.75. The van der Waals surface area contributed by atoms with Crippen LogP contribution in [0.5, 0.6) is 0 Å². The molecule has 0 saturated heterocycles. The zero-order valence-corrected chi connectivity index (χ0v) is 14.2. The largest absolute Gasteiger partial charge is 0.285 e. The molecule has 2 rings (SSSR count). The molecule has 0 amide bonds. The van der Waals surface area contributed by atoms with Crippen LogP contribution in [0.4, 0.5) is 0 Å². The molecule has 0 aliphatic carbocycles. The second-order valence-corrected chi connectivity index (χ2v) is 10.0. The maximum absolute atomic E-state index is 12.7. The van der Waals surface area contributed by atoms with Gasteiger partial charge in [0.1, 0.15) is 5.11 Å². The Morgan fingerprint density at radius 1 is 0.696 bits per heavy atom. The highest BCUT2D eigenvalue weighted by molar-refractivity contribution is 8.43. The van der Waals surface area contributed by atoms with Crippen LogP contribution in [0.15, 0.2) is 70.5 Å². The molecule has 0 aliphatic heterocycles. The molecular weight excluding hydrogens is 356 g/mol. The van der Waals surface area contributed by atoms with E-state index in [0.717, 1.165) is 0 Å². The lowest BCUT2D eigenvalue weighted by Crippen LogP contribution is -2.26. The maximum atomic E-state index is 12.7. The van der Waals surface area contributed by atoms with Crippen molar-refractivity contribution in [3.63, 3.8) is 0 Å². The van der Waals surface area contributed by atoms with Crippen molar-refractivity contribution in [1.82, 2.24) is 0 Å². The SMILES string of the molecule is NC(N)=S=C(S(=O)(=O)c1ccccc1)S(=O)(=O)c1ccccc1. The minimum absolute atomic E-state index is 0.150. The number of hydrogen-bond donors (Lipinski definition) is 2. The Morgan fingerprint density at radius 2 is 1.04 bits per heavy atom. The van der Waals surface area contributed by atoms with Crippen LogP contribution < -0.4 is 11.5 Å². The quantitative estimate of drug-likeness (QED) is 0.753. The molecule has 0 radical (unpaired) electrons. The van der Waals surface area contributed by atoms with Gasteiger partial charge in [0, 0.05) is 0 Å². The lowest BCUT2D eigenvalue weighted by atomic mass is 10.4. The van der Waals surface area contributed by atoms with Crippen molar-refractivity contribution in [3.05, 3.63) is 60.7 Å². The zero-order valence-electron chi connectivity index (χ0n) is 11.8. The summed E-state index contributed by atoms with van der Waals surface area (Å²) in [5.41, 5.74) is 10.7. The molecule has 0 spiro atoms. The molecular formula is C14H14N2O4S3. The second kappa shape index (κ2) is 6.77. The van der Waals surface area contributed by atoms with E-state index in [0.29, 0.717) is 10.9 Å². The highest BCUT2D eigenvalue weighted by atomic mass is 32.3. The molecule has 122 valence electrons. The molecule has 0 heterocycles. The smallest absolute Gasteiger partial charge is 0.227 e. The summed E-state index contributed by atoms with van der Waals surface area (Å²) in [5, 5.41) is -0.376. The summed E-state index contributed by atoms with van der Waals surface area (Å²) in [6.07, 6.45) is 0. The van der Waals surface area contributed by atoms with Crippen molar-refractivity contribution in [3.8, 4) is 0 Å². The van der Waals surface area contributed by atoms with Crippen molar-refractivity contribution >= 4 is 39.3 Å². The number of nitrogens with two attached hydrogens (primary N) is 2. The van der Waals surface area contributed by atoms with Gasteiger partial charge in [0.15, 0.2) is 0 Å². The van der Waals surface area contributed by atoms with Crippen LogP contribution in [0.3, 0.4) is 0 Å². The van der Waals surface area contributed by atoms with Gasteiger partial charge < -0.3 is 0 Å². The highest BCUT2D eigenvalue weighted by Gasteiger charge is 2.33. The fourth-order valence-corrected chi connectivity index (χ4v) is 7.12. The lowest BCUT2D eigenvalue weighted by molar-refractivity contribution is 0.603. The summed E-state index contributed by atoms with van der Waals surface area (Å²) in [5.74, 6) is 0. The summed E-state index contributed by atoms with van der Waals surface area (Å²) in [6.45, 7) is 0. The highest BCUT2D eigenvalue weighted by Crippen LogP contribution is 2.22. The molecule has 0 saturated carbocycles. The van der Waals surface area contributed by atoms with Crippen molar-refractivity contribution in [2.75, 3.05) is 0 Å². The molecule has 9 heteroatoms. The normalized spacial score (nSPS) is 11.7. The van der Waals surface area contributed by atoms with E-state index in [1.165, 1.54) is 48.5 Å². The van der Waals surface area contributed by atoms with Crippen LogP contribution >= 0.6 is 10.9 Å². The second-order valence-electron chi connectivity index (χ2n) is 4.39. The summed E-state index contributed by atoms with van der Waals surface area (Å²) >= 11 is 0. The van der Waals surface area contributed by atoms with Gasteiger partial charge in [-0.15, -0.1) is 0 Å². The van der Waals surface area contributed by atoms with Gasteiger partial charge in [-0.3, -0.25) is 11.5 Å². The van der Waals surface area contributed by atoms with E-state index in [1.54, 1.807) is 12.1 Å². The summed E-state index contributed by atoms with van der Waals surface area (Å²) in [4.78, 5) is -0.300. The summed E-state index contributed by atoms with van der Waals surface area (Å²) in [7, 11) is -8.27. The molecule has 0 bridgehead atoms. The van der Waals surface area contributed by atoms with E-state index in [4.69, 9.17) is 11.5 Å². The Balaban J connectivity index is 2.79. The van der Waals surface area contributed by atoms with Gasteiger partial charge in [0.05, 0.1) is 9.79 Å². The van der Waals surface area contributed by atoms with Crippen LogP contribution in [-0.4, -0.2) is 25.5 Å². The number of rotatable bonds is 2. The van der Waals surface area contributed by atoms with Gasteiger partial charge in [-0.2, -0.15) is 0 Å². The Kier molecular flexibility index (Phi) is 5.17. The topological polar surface area (TPSA) is 120 Å². The minimum atomic E-state index is -4.29. The molecule has 23 heavy (non-hydrogen) atoms. The van der Waals surface area contributed by atoms with E-state index in [-0.39, 0.29) is 14.9 Å². The Labute approximate surface area is 138 Å². The molecule has 0 unspecified atom stereocenters. The Bertz CT molecular complexity index is 901. The molecule has 0 fully saturated rings. The fraction of sp³-hybridized carbons (Fsp3) is 0. The van der Waals surface area contributed by atoms with Crippen molar-refractivity contribution in [2.24, 2.45) is 11.5 Å². The van der Waals surface area contributed by atoms with Crippen LogP contribution in [0.2, 0.25) is 0 Å². The first-order valence-corrected chi connectivity index (χ1v) is 10.1. The average Bonchev–Trinajstić information content (AvgIpc) is 2.54. The van der Waals surface area contributed by atoms with Gasteiger partial charge in [-0.05, 0) is 24.3 Å². The third-order valence-corrected chi connectivity index (χ3v) is 8.95. The van der Waals surface area contributed by atoms with E-state index in [9.17, 15) is 16.8 Å². The third kappa shape index (κ3) is 3.77. The maximum Gasteiger partial charge on any atom is 0.227 e. The Morgan fingerprint density at radius 3 is 1.35 bits per heavy atom. The van der Waals surface area contributed by atoms with Crippen molar-refractivity contribution in [2.45, 2.75) is 9.79 Å². The first kappa shape index (κ1) is 17.6. The Hall–Kier alpha value is -1.78. The lowest BCUT2D eigenvalue weighted by Gasteiger charge is -2.08. The number of benzene rings is 2. The van der Waals surface area contributed by atoms with Gasteiger partial charge in [-0.1, -0.05) is 47.3 Å². The number of hydrogen-bond acceptors (Lipinski definition) is 4. The standard InChI is InChI=1S/C14H14N2O4S3/c15-13(16)21-14(22(17,18)11-7-3-1-4-8-11)23(19,20)12-9-5-2-6-10-12/h1-10H,15-16H2. The van der Waals surface area contributed by atoms with Gasteiger partial charge in [0.25, 0.3) is 0 Å². The predicted molar refractivity (Wildman–Crippen MR) is 93.2 cm³/mol. The monoisotopic (exact) mass is 370 g/mol. The first-order valence-electron chi connectivity index (χ1n) is 6.29. The van der Waals surface area contributed by atoms with Gasteiger partial charge in [0.2, 0.25) is 23.2 Å². The van der Waals surface area contributed by atoms with Gasteiger partial charge >= 0.3 is 0 Å². The summed E-state index contributed by atoms with van der Waals surface area (Å²) < 4.78 is 50.1. The van der Waals surface area contributed by atoms with Crippen LogP contribution in [0, 0.1) is 0 Å². The molecule has 0 aromatic heterocycles. The molecule has 4 N–H and O–H groups in total. The van der Waals surface area contributed by atoms with Crippen LogP contribution in [0.25, 0.3) is 0 Å². The van der Waals surface area contributed by atoms with E-state index in [1.807, 2.05) is 0 Å². The van der Waals surface area contributed by atoms with Crippen molar-refractivity contribution < 1.29 is 16.8 Å². The molecule has 0 atom stereocenters. The minimum Gasteiger partial charge on any atom is -0.285 e. The van der Waals surface area contributed by atoms with Crippen LogP contribution in [0.1, 0.15) is 0 Å². The van der Waals surface area contributed by atoms with Crippen LogP contribution in [-0.2, 0) is 19.7 Å². The number of sulfone groups is 2. The van der Waals surface area contributed by atoms with E-state index < -0.39 is 23.2 Å². The van der Waals surface area contributed by atoms with Crippen molar-refractivity contribution in [1.29, 1.82) is 0 Å². The fourth-order valence-electron chi connectivity index (χ4n) is 1.74. The predicted octanol–water partition coefficient (Wildman–Crippen LogP) is 0.760. The summed E-state index contributed by atoms with van der Waals surface area (Å²) in [6, 6.07) is 14.5.